The molecule has 7 aromatic carbocycles. The molecular weight excluding hydrogens is 641 g/mol. The van der Waals surface area contributed by atoms with E-state index in [0.29, 0.717) is 0 Å². The Labute approximate surface area is 297 Å². The second-order valence-corrected chi connectivity index (χ2v) is 14.1. The first-order valence-electron chi connectivity index (χ1n) is 17.2. The number of nitrogens with zero attached hydrogens (tertiary/aromatic N) is 4. The zero-order valence-corrected chi connectivity index (χ0v) is 28.2. The molecule has 4 heterocycles. The van der Waals surface area contributed by atoms with Gasteiger partial charge < -0.3 is 9.13 Å². The molecule has 4 aromatic heterocycles. The van der Waals surface area contributed by atoms with Gasteiger partial charge >= 0.3 is 0 Å². The number of thiophene rings is 1. The van der Waals surface area contributed by atoms with Gasteiger partial charge in [-0.2, -0.15) is 0 Å². The van der Waals surface area contributed by atoms with Gasteiger partial charge in [0.2, 0.25) is 0 Å². The molecule has 4 nitrogen and oxygen atoms in total. The molecular formula is C46H28N4S. The Morgan fingerprint density at radius 2 is 1.02 bits per heavy atom. The van der Waals surface area contributed by atoms with E-state index < -0.39 is 0 Å². The smallest absolute Gasteiger partial charge is 0.159 e. The summed E-state index contributed by atoms with van der Waals surface area (Å²) < 4.78 is 7.09. The normalized spacial score (nSPS) is 11.9. The van der Waals surface area contributed by atoms with Crippen LogP contribution in [0.2, 0.25) is 0 Å². The fourth-order valence-electron chi connectivity index (χ4n) is 7.87. The molecule has 0 radical (unpaired) electrons. The van der Waals surface area contributed by atoms with Gasteiger partial charge in [-0.15, -0.1) is 11.3 Å². The van der Waals surface area contributed by atoms with Crippen molar-refractivity contribution in [2.24, 2.45) is 0 Å². The zero-order chi connectivity index (χ0) is 33.5. The molecule has 0 aliphatic carbocycles. The van der Waals surface area contributed by atoms with Crippen molar-refractivity contribution in [2.75, 3.05) is 0 Å². The van der Waals surface area contributed by atoms with Gasteiger partial charge in [-0.05, 0) is 71.8 Å². The van der Waals surface area contributed by atoms with Gasteiger partial charge in [-0.1, -0.05) is 103 Å². The molecule has 5 heteroatoms. The van der Waals surface area contributed by atoms with Crippen LogP contribution in [0.1, 0.15) is 0 Å². The van der Waals surface area contributed by atoms with Crippen LogP contribution in [-0.2, 0) is 0 Å². The van der Waals surface area contributed by atoms with Crippen LogP contribution < -0.4 is 0 Å². The molecule has 238 valence electrons. The first-order valence-corrected chi connectivity index (χ1v) is 18.0. The van der Waals surface area contributed by atoms with Crippen LogP contribution in [0.3, 0.4) is 0 Å². The molecule has 0 amide bonds. The molecule has 0 saturated carbocycles. The SMILES string of the molecule is c1ccc(-n2c3ccccc3c3cc(-c4ccc5c6ccccc6n(-c6cccc(-c7ncc8sc9ccccc9c8n7)c6)c5c4)ccc32)cc1. The van der Waals surface area contributed by atoms with E-state index in [1.165, 1.54) is 65.0 Å². The number of hydrogen-bond acceptors (Lipinski definition) is 3. The van der Waals surface area contributed by atoms with E-state index in [0.717, 1.165) is 32.8 Å². The Balaban J connectivity index is 1.08. The Morgan fingerprint density at radius 3 is 1.86 bits per heavy atom. The highest BCUT2D eigenvalue weighted by atomic mass is 32.1. The monoisotopic (exact) mass is 668 g/mol. The van der Waals surface area contributed by atoms with Crippen LogP contribution in [0.15, 0.2) is 170 Å². The second-order valence-electron chi connectivity index (χ2n) is 13.1. The summed E-state index contributed by atoms with van der Waals surface area (Å²) in [5, 5.41) is 6.13. The van der Waals surface area contributed by atoms with Crippen molar-refractivity contribution in [3.63, 3.8) is 0 Å². The van der Waals surface area contributed by atoms with Crippen LogP contribution in [0, 0.1) is 0 Å². The molecule has 0 saturated heterocycles. The molecule has 0 aliphatic heterocycles. The summed E-state index contributed by atoms with van der Waals surface area (Å²) in [6.45, 7) is 0. The number of benzene rings is 7. The lowest BCUT2D eigenvalue weighted by atomic mass is 10.0. The summed E-state index contributed by atoms with van der Waals surface area (Å²) in [5.74, 6) is 0.734. The maximum Gasteiger partial charge on any atom is 0.159 e. The molecule has 11 rings (SSSR count). The quantitative estimate of drug-likeness (QED) is 0.187. The average Bonchev–Trinajstić information content (AvgIpc) is 3.85. The molecule has 11 aromatic rings. The van der Waals surface area contributed by atoms with E-state index in [-0.39, 0.29) is 0 Å². The lowest BCUT2D eigenvalue weighted by Gasteiger charge is -2.11. The summed E-state index contributed by atoms with van der Waals surface area (Å²) in [6.07, 6.45) is 1.97. The minimum atomic E-state index is 0.734. The van der Waals surface area contributed by atoms with Gasteiger partial charge in [0.1, 0.15) is 0 Å². The number of para-hydroxylation sites is 3. The van der Waals surface area contributed by atoms with Crippen molar-refractivity contribution >= 4 is 75.3 Å². The van der Waals surface area contributed by atoms with Crippen molar-refractivity contribution in [2.45, 2.75) is 0 Å². The third-order valence-electron chi connectivity index (χ3n) is 10.2. The van der Waals surface area contributed by atoms with E-state index in [1.807, 2.05) is 6.20 Å². The maximum atomic E-state index is 5.09. The van der Waals surface area contributed by atoms with Crippen LogP contribution in [0.5, 0.6) is 0 Å². The van der Waals surface area contributed by atoms with Crippen molar-refractivity contribution in [1.82, 2.24) is 19.1 Å². The van der Waals surface area contributed by atoms with Gasteiger partial charge in [0.05, 0.1) is 32.3 Å². The maximum absolute atomic E-state index is 5.09. The highest BCUT2D eigenvalue weighted by molar-refractivity contribution is 7.25. The van der Waals surface area contributed by atoms with Crippen molar-refractivity contribution in [1.29, 1.82) is 0 Å². The van der Waals surface area contributed by atoms with E-state index >= 15 is 0 Å². The zero-order valence-electron chi connectivity index (χ0n) is 27.4. The van der Waals surface area contributed by atoms with E-state index in [1.54, 1.807) is 11.3 Å². The third-order valence-corrected chi connectivity index (χ3v) is 11.3. The summed E-state index contributed by atoms with van der Waals surface area (Å²) in [5.41, 5.74) is 11.4. The molecule has 0 unspecified atom stereocenters. The van der Waals surface area contributed by atoms with Crippen LogP contribution in [-0.4, -0.2) is 19.1 Å². The Hall–Kier alpha value is -6.56. The molecule has 51 heavy (non-hydrogen) atoms. The van der Waals surface area contributed by atoms with Crippen molar-refractivity contribution in [3.8, 4) is 33.9 Å². The fourth-order valence-corrected chi connectivity index (χ4v) is 8.88. The van der Waals surface area contributed by atoms with E-state index in [9.17, 15) is 0 Å². The highest BCUT2D eigenvalue weighted by Crippen LogP contribution is 2.39. The molecule has 0 aliphatic rings. The summed E-state index contributed by atoms with van der Waals surface area (Å²) >= 11 is 1.74. The summed E-state index contributed by atoms with van der Waals surface area (Å²) in [4.78, 5) is 9.92. The lowest BCUT2D eigenvalue weighted by Crippen LogP contribution is -1.96. The first kappa shape index (κ1) is 28.3. The standard InChI is InChI=1S/C46H28N4S/c1-2-12-32(13-3-1)49-40-19-8-5-16-35(40)38-26-29(22-24-41(38)49)30-21-23-36-34-15-4-7-18-39(34)50(42(36)27-30)33-14-10-11-31(25-33)46-47-28-44-45(48-46)37-17-6-9-20-43(37)51-44/h1-28H. The first-order chi connectivity index (χ1) is 25.3. The van der Waals surface area contributed by atoms with Gasteiger partial charge in [0.15, 0.2) is 5.82 Å². The van der Waals surface area contributed by atoms with Gasteiger partial charge in [-0.25, -0.2) is 9.97 Å². The molecule has 0 bridgehead atoms. The summed E-state index contributed by atoms with van der Waals surface area (Å²) in [6, 6.07) is 58.9. The van der Waals surface area contributed by atoms with Gasteiger partial charge in [0, 0.05) is 54.8 Å². The van der Waals surface area contributed by atoms with Crippen molar-refractivity contribution < 1.29 is 0 Å². The average molecular weight is 669 g/mol. The number of fused-ring (bicyclic) bond motifs is 9. The second kappa shape index (κ2) is 11.0. The van der Waals surface area contributed by atoms with Crippen molar-refractivity contribution in [3.05, 3.63) is 170 Å². The minimum absolute atomic E-state index is 0.734. The Kier molecular flexibility index (Phi) is 6.09. The topological polar surface area (TPSA) is 35.6 Å². The minimum Gasteiger partial charge on any atom is -0.309 e. The fraction of sp³-hybridized carbons (Fsp3) is 0. The summed E-state index contributed by atoms with van der Waals surface area (Å²) in [7, 11) is 0. The predicted molar refractivity (Wildman–Crippen MR) is 214 cm³/mol. The van der Waals surface area contributed by atoms with Crippen LogP contribution in [0.25, 0.3) is 97.8 Å². The predicted octanol–water partition coefficient (Wildman–Crippen LogP) is 12.4. The largest absolute Gasteiger partial charge is 0.309 e. The Bertz CT molecular complexity index is 3150. The van der Waals surface area contributed by atoms with Crippen LogP contribution >= 0.6 is 11.3 Å². The van der Waals surface area contributed by atoms with Crippen LogP contribution in [0.4, 0.5) is 0 Å². The molecule has 0 fully saturated rings. The van der Waals surface area contributed by atoms with Gasteiger partial charge in [-0.3, -0.25) is 0 Å². The van der Waals surface area contributed by atoms with Gasteiger partial charge in [0.25, 0.3) is 0 Å². The number of aromatic nitrogens is 4. The molecule has 0 spiro atoms. The number of rotatable bonds is 4. The Morgan fingerprint density at radius 1 is 0.392 bits per heavy atom. The molecule has 0 N–H and O–H groups in total. The molecule has 0 atom stereocenters. The van der Waals surface area contributed by atoms with E-state index in [4.69, 9.17) is 9.97 Å². The number of hydrogen-bond donors (Lipinski definition) is 0. The van der Waals surface area contributed by atoms with E-state index in [2.05, 4.69) is 173 Å². The highest BCUT2D eigenvalue weighted by Gasteiger charge is 2.17. The third kappa shape index (κ3) is 4.32. The lowest BCUT2D eigenvalue weighted by molar-refractivity contribution is 1.17.